The van der Waals surface area contributed by atoms with Gasteiger partial charge in [-0.1, -0.05) is 155 Å². The Balaban J connectivity index is 0.000000108. The molecule has 0 unspecified atom stereocenters. The lowest BCUT2D eigenvalue weighted by molar-refractivity contribution is -0.144. The number of imidazole rings is 1. The van der Waals surface area contributed by atoms with Crippen LogP contribution in [0.4, 0.5) is 17.6 Å². The normalized spacial score (nSPS) is 14.4. The zero-order chi connectivity index (χ0) is 69.8. The zero-order valence-corrected chi connectivity index (χ0v) is 59.4. The lowest BCUT2D eigenvalue weighted by Crippen LogP contribution is -2.19. The van der Waals surface area contributed by atoms with Crippen LogP contribution >= 0.6 is 11.3 Å². The van der Waals surface area contributed by atoms with Crippen LogP contribution in [-0.2, 0) is 116 Å². The summed E-state index contributed by atoms with van der Waals surface area (Å²) in [6.07, 6.45) is 18.2. The molecule has 0 saturated carbocycles. The van der Waals surface area contributed by atoms with Crippen LogP contribution < -0.4 is 0 Å². The molecule has 18 rings (SSSR count). The first kappa shape index (κ1) is 69.0. The van der Waals surface area contributed by atoms with Gasteiger partial charge in [-0.15, -0.1) is 21.5 Å². The van der Waals surface area contributed by atoms with Gasteiger partial charge in [-0.2, -0.15) is 33.2 Å². The molecule has 7 heterocycles. The number of fused-ring (bicyclic) bond motifs is 18. The number of hydrogen-bond donors (Lipinski definition) is 1. The fraction of sp³-hybridized carbons (Fsp3) is 0.354. The molecule has 1 N–H and O–H groups in total. The minimum atomic E-state index is -4.35. The molecule has 13 nitrogen and oxygen atoms in total. The molecular formula is C82H88F4N12OS. The second kappa shape index (κ2) is 29.7. The van der Waals surface area contributed by atoms with Crippen LogP contribution in [0.1, 0.15) is 149 Å². The molecule has 0 fully saturated rings. The molecule has 0 saturated heterocycles. The molecule has 6 aliphatic rings. The number of alkyl halides is 3. The third kappa shape index (κ3) is 14.8. The largest absolute Gasteiger partial charge is 0.433 e. The van der Waals surface area contributed by atoms with E-state index >= 15 is 0 Å². The van der Waals surface area contributed by atoms with Crippen LogP contribution in [0.3, 0.4) is 0 Å². The SMILES string of the molecule is CC(C)(C)c1nnc2n1CCCc1ccccc1-2.CCc1nc2c(n1O)CCCc1ccccc1-2.Cc1nc2c(s1)CCCc1ccccc1-2.Cn1cc2c(n1)-c1cc(F)ccc1CCC2.Cn1cc2c(n1)-c1ccccc1CCC2.Cn1nc2c(c1C(F)(F)F)CCCc1ccccc1-2. The van der Waals surface area contributed by atoms with Crippen molar-refractivity contribution in [2.24, 2.45) is 21.1 Å². The van der Waals surface area contributed by atoms with Gasteiger partial charge in [-0.05, 0) is 173 Å². The predicted octanol–water partition coefficient (Wildman–Crippen LogP) is 18.5. The number of aromatic nitrogens is 12. The maximum absolute atomic E-state index is 13.3. The summed E-state index contributed by atoms with van der Waals surface area (Å²) >= 11 is 1.86. The molecule has 0 radical (unpaired) electrons. The fourth-order valence-electron chi connectivity index (χ4n) is 15.1. The first-order valence-corrected chi connectivity index (χ1v) is 36.2. The van der Waals surface area contributed by atoms with Crippen molar-refractivity contribution in [3.63, 3.8) is 0 Å². The highest BCUT2D eigenvalue weighted by Gasteiger charge is 2.40. The van der Waals surface area contributed by atoms with E-state index in [0.29, 0.717) is 17.7 Å². The van der Waals surface area contributed by atoms with Gasteiger partial charge in [0, 0.05) is 95.7 Å². The Labute approximate surface area is 587 Å². The van der Waals surface area contributed by atoms with E-state index in [-0.39, 0.29) is 11.2 Å². The van der Waals surface area contributed by atoms with Crippen molar-refractivity contribution in [1.82, 2.24) is 58.8 Å². The van der Waals surface area contributed by atoms with Crippen LogP contribution in [0.5, 0.6) is 0 Å². The number of benzene rings is 6. The van der Waals surface area contributed by atoms with Gasteiger partial charge in [0.25, 0.3) is 0 Å². The van der Waals surface area contributed by atoms with E-state index in [0.717, 1.165) is 140 Å². The van der Waals surface area contributed by atoms with Crippen LogP contribution in [0, 0.1) is 12.7 Å². The molecular weight excluding hydrogens is 1280 g/mol. The van der Waals surface area contributed by atoms with Crippen LogP contribution in [-0.4, -0.2) is 64.0 Å². The number of rotatable bonds is 1. The summed E-state index contributed by atoms with van der Waals surface area (Å²) in [6.45, 7) is 11.7. The number of aryl methyl sites for hydroxylation is 14. The van der Waals surface area contributed by atoms with Crippen LogP contribution in [0.25, 0.3) is 67.7 Å². The number of nitrogens with zero attached hydrogens (tertiary/aromatic N) is 12. The standard InChI is InChI=1S/C15H19N3.C14H13F3N2.C14H16N2O.C13H13FN2.C13H14N2.C13H13NS/c1-15(2,3)14-17-16-13-12-9-5-4-7-11(12)8-6-10-18(13)14;1-19-13(14(15,16)17)11-8-4-6-9-5-2-3-7-10(9)12(11)18-19;1-2-13-15-14-11-8-4-3-6-10(11)7-5-9-12(14)16(13)17;1-16-8-10-4-2-3-9-5-6-11(14)7-12(9)13(10)15-16;1-15-9-11-7-4-6-10-5-2-3-8-12(10)13(11)14-15;1-9-14-13-11-7-3-2-5-10(11)6-4-8-12(13)15-9/h4-5,7,9H,6,8,10H2,1-3H3;2-3,5,7H,4,6,8H2,1H3;3-4,6,8,17H,2,5,7,9H2,1H3;5-8H,2-4H2,1H3;2-3,5,8-9H,4,6-7H2,1H3;2-3,5,7H,4,6,8H2,1H3. The average molecular weight is 1370 g/mol. The Morgan fingerprint density at radius 2 is 0.940 bits per heavy atom. The lowest BCUT2D eigenvalue weighted by Gasteiger charge is -2.18. The van der Waals surface area contributed by atoms with Gasteiger partial charge in [0.1, 0.15) is 23.2 Å². The second-order valence-corrected chi connectivity index (χ2v) is 29.1. The van der Waals surface area contributed by atoms with Gasteiger partial charge >= 0.3 is 6.18 Å². The Kier molecular flexibility index (Phi) is 20.5. The molecule has 6 aromatic carbocycles. The molecule has 0 bridgehead atoms. The maximum atomic E-state index is 13.3. The van der Waals surface area contributed by atoms with E-state index in [9.17, 15) is 22.8 Å². The molecule has 5 aliphatic carbocycles. The number of halogens is 4. The van der Waals surface area contributed by atoms with Gasteiger partial charge in [-0.25, -0.2) is 14.4 Å². The van der Waals surface area contributed by atoms with Crippen molar-refractivity contribution in [2.45, 2.75) is 168 Å². The van der Waals surface area contributed by atoms with Crippen molar-refractivity contribution < 1.29 is 22.8 Å². The van der Waals surface area contributed by atoms with E-state index in [1.807, 2.05) is 84.3 Å². The van der Waals surface area contributed by atoms with E-state index < -0.39 is 11.9 Å². The second-order valence-electron chi connectivity index (χ2n) is 27.9. The van der Waals surface area contributed by atoms with E-state index in [1.165, 1.54) is 132 Å². The van der Waals surface area contributed by atoms with Gasteiger partial charge in [0.2, 0.25) is 0 Å². The molecule has 0 amide bonds. The Morgan fingerprint density at radius 1 is 0.480 bits per heavy atom. The summed E-state index contributed by atoms with van der Waals surface area (Å²) in [5.74, 6) is 2.70. The highest BCUT2D eigenvalue weighted by molar-refractivity contribution is 7.12. The minimum absolute atomic E-state index is 0.0462. The smallest absolute Gasteiger partial charge is 0.427 e. The lowest BCUT2D eigenvalue weighted by atomic mass is 9.95. The summed E-state index contributed by atoms with van der Waals surface area (Å²) in [5.41, 5.74) is 23.0. The Bertz CT molecular complexity index is 4780. The molecule has 100 heavy (non-hydrogen) atoms. The third-order valence-electron chi connectivity index (χ3n) is 19.6. The van der Waals surface area contributed by atoms with Crippen molar-refractivity contribution in [2.75, 3.05) is 0 Å². The minimum Gasteiger partial charge on any atom is -0.427 e. The molecule has 0 atom stereocenters. The average Bonchev–Trinajstić information content (AvgIpc) is 1.62. The van der Waals surface area contributed by atoms with Gasteiger partial charge in [0.15, 0.2) is 5.82 Å². The first-order chi connectivity index (χ1) is 48.3. The topological polar surface area (TPSA) is 135 Å². The Morgan fingerprint density at radius 3 is 1.50 bits per heavy atom. The highest BCUT2D eigenvalue weighted by atomic mass is 32.1. The zero-order valence-electron chi connectivity index (χ0n) is 58.6. The van der Waals surface area contributed by atoms with E-state index in [1.54, 1.807) is 6.07 Å². The van der Waals surface area contributed by atoms with Gasteiger partial charge < -0.3 is 9.77 Å². The molecule has 6 aromatic heterocycles. The van der Waals surface area contributed by atoms with Gasteiger partial charge in [0.05, 0.1) is 39.2 Å². The van der Waals surface area contributed by atoms with Crippen molar-refractivity contribution >= 4 is 11.3 Å². The number of hydrogen-bond acceptors (Lipinski definition) is 9. The predicted molar refractivity (Wildman–Crippen MR) is 390 cm³/mol. The number of thiazole rings is 1. The van der Waals surface area contributed by atoms with Crippen molar-refractivity contribution in [3.8, 4) is 67.7 Å². The van der Waals surface area contributed by atoms with Crippen molar-refractivity contribution in [3.05, 3.63) is 241 Å². The summed E-state index contributed by atoms with van der Waals surface area (Å²) in [7, 11) is 5.27. The van der Waals surface area contributed by atoms with Crippen molar-refractivity contribution in [1.29, 1.82) is 0 Å². The van der Waals surface area contributed by atoms with E-state index in [2.05, 4.69) is 165 Å². The molecule has 0 spiro atoms. The van der Waals surface area contributed by atoms with E-state index in [4.69, 9.17) is 0 Å². The summed E-state index contributed by atoms with van der Waals surface area (Å²) < 4.78 is 60.9. The fourth-order valence-corrected chi connectivity index (χ4v) is 16.1. The molecule has 18 heteroatoms. The maximum Gasteiger partial charge on any atom is 0.433 e. The summed E-state index contributed by atoms with van der Waals surface area (Å²) in [5, 5.41) is 33.3. The van der Waals surface area contributed by atoms with Crippen LogP contribution in [0.15, 0.2) is 152 Å². The highest BCUT2D eigenvalue weighted by Crippen LogP contribution is 2.42. The summed E-state index contributed by atoms with van der Waals surface area (Å²) in [6, 6.07) is 46.8. The monoisotopic (exact) mass is 1360 g/mol. The molecule has 1 aliphatic heterocycles. The molecule has 516 valence electrons. The Hall–Kier alpha value is -9.55. The third-order valence-corrected chi connectivity index (χ3v) is 20.7. The van der Waals surface area contributed by atoms with Crippen LogP contribution in [0.2, 0.25) is 0 Å². The summed E-state index contributed by atoms with van der Waals surface area (Å²) in [4.78, 5) is 10.7. The van der Waals surface area contributed by atoms with Gasteiger partial charge in [-0.3, -0.25) is 14.0 Å². The molecule has 12 aromatic rings. The first-order valence-electron chi connectivity index (χ1n) is 35.4. The quantitative estimate of drug-likeness (QED) is 0.127.